The highest BCUT2D eigenvalue weighted by molar-refractivity contribution is 6.33. The molecule has 1 N–H and O–H groups in total. The minimum absolute atomic E-state index is 0.672. The Labute approximate surface area is 134 Å². The summed E-state index contributed by atoms with van der Waals surface area (Å²) in [5, 5.41) is 4.35. The maximum atomic E-state index is 6.57. The van der Waals surface area contributed by atoms with Gasteiger partial charge in [0.2, 0.25) is 0 Å². The lowest BCUT2D eigenvalue weighted by atomic mass is 9.97. The van der Waals surface area contributed by atoms with Gasteiger partial charge < -0.3 is 10.2 Å². The van der Waals surface area contributed by atoms with Gasteiger partial charge in [0.25, 0.3) is 0 Å². The number of anilines is 1. The topological polar surface area (TPSA) is 15.3 Å². The first-order chi connectivity index (χ1) is 10.3. The van der Waals surface area contributed by atoms with Crippen molar-refractivity contribution in [1.29, 1.82) is 0 Å². The lowest BCUT2D eigenvalue weighted by Crippen LogP contribution is -2.39. The Morgan fingerprint density at radius 2 is 2.10 bits per heavy atom. The molecule has 1 aromatic carbocycles. The third kappa shape index (κ3) is 4.62. The lowest BCUT2D eigenvalue weighted by molar-refractivity contribution is 0.435. The zero-order valence-electron chi connectivity index (χ0n) is 13.5. The van der Waals surface area contributed by atoms with Crippen LogP contribution >= 0.6 is 11.6 Å². The van der Waals surface area contributed by atoms with Crippen LogP contribution < -0.4 is 10.2 Å². The van der Waals surface area contributed by atoms with Crippen molar-refractivity contribution in [2.45, 2.75) is 65.0 Å². The van der Waals surface area contributed by atoms with Crippen molar-refractivity contribution in [3.05, 3.63) is 28.8 Å². The summed E-state index contributed by atoms with van der Waals surface area (Å²) >= 11 is 6.57. The number of hydrogen-bond donors (Lipinski definition) is 1. The molecule has 2 rings (SSSR count). The molecule has 0 amide bonds. The summed E-state index contributed by atoms with van der Waals surface area (Å²) in [6.45, 7) is 7.58. The predicted molar refractivity (Wildman–Crippen MR) is 93.3 cm³/mol. The number of nitrogens with one attached hydrogen (secondary N) is 1. The minimum atomic E-state index is 0.672. The third-order valence-electron chi connectivity index (χ3n) is 4.33. The van der Waals surface area contributed by atoms with Gasteiger partial charge in [0.15, 0.2) is 0 Å². The lowest BCUT2D eigenvalue weighted by Gasteiger charge is -2.38. The molecule has 1 saturated heterocycles. The van der Waals surface area contributed by atoms with Gasteiger partial charge in [0.05, 0.1) is 10.7 Å². The molecule has 0 bridgehead atoms. The molecule has 21 heavy (non-hydrogen) atoms. The van der Waals surface area contributed by atoms with Crippen molar-refractivity contribution in [3.63, 3.8) is 0 Å². The second-order valence-electron chi connectivity index (χ2n) is 6.09. The molecule has 0 saturated carbocycles. The number of halogens is 1. The molecule has 0 spiro atoms. The number of hydrogen-bond acceptors (Lipinski definition) is 2. The first-order valence-corrected chi connectivity index (χ1v) is 8.89. The van der Waals surface area contributed by atoms with Crippen LogP contribution in [0.5, 0.6) is 0 Å². The van der Waals surface area contributed by atoms with Gasteiger partial charge in [0, 0.05) is 19.1 Å². The van der Waals surface area contributed by atoms with Gasteiger partial charge in [-0.1, -0.05) is 37.9 Å². The molecule has 1 unspecified atom stereocenters. The Morgan fingerprint density at radius 1 is 1.24 bits per heavy atom. The van der Waals surface area contributed by atoms with E-state index in [2.05, 4.69) is 42.3 Å². The van der Waals surface area contributed by atoms with Crippen molar-refractivity contribution < 1.29 is 0 Å². The van der Waals surface area contributed by atoms with E-state index >= 15 is 0 Å². The quantitative estimate of drug-likeness (QED) is 0.713. The van der Waals surface area contributed by atoms with Gasteiger partial charge in [-0.2, -0.15) is 0 Å². The smallest absolute Gasteiger partial charge is 0.0642 e. The molecule has 3 heteroatoms. The second kappa shape index (κ2) is 8.65. The normalized spacial score (nSPS) is 19.0. The van der Waals surface area contributed by atoms with E-state index < -0.39 is 0 Å². The summed E-state index contributed by atoms with van der Waals surface area (Å²) in [6.07, 6.45) is 7.64. The van der Waals surface area contributed by atoms with Crippen LogP contribution in [0.4, 0.5) is 5.69 Å². The van der Waals surface area contributed by atoms with E-state index in [0.717, 1.165) is 31.1 Å². The SMILES string of the molecule is CCCNCc1ccc(N2CCCCC2CCC)c(Cl)c1. The van der Waals surface area contributed by atoms with Crippen LogP contribution in [-0.2, 0) is 6.54 Å². The Bertz CT molecular complexity index is 431. The summed E-state index contributed by atoms with van der Waals surface area (Å²) in [5.41, 5.74) is 2.51. The summed E-state index contributed by atoms with van der Waals surface area (Å²) in [4.78, 5) is 2.54. The molecule has 2 nitrogen and oxygen atoms in total. The van der Waals surface area contributed by atoms with E-state index in [4.69, 9.17) is 11.6 Å². The fraction of sp³-hybridized carbons (Fsp3) is 0.667. The van der Waals surface area contributed by atoms with Crippen molar-refractivity contribution in [2.24, 2.45) is 0 Å². The Balaban J connectivity index is 2.07. The second-order valence-corrected chi connectivity index (χ2v) is 6.50. The first-order valence-electron chi connectivity index (χ1n) is 8.52. The van der Waals surface area contributed by atoms with Gasteiger partial charge in [-0.3, -0.25) is 0 Å². The van der Waals surface area contributed by atoms with Crippen molar-refractivity contribution >= 4 is 17.3 Å². The zero-order chi connectivity index (χ0) is 15.1. The van der Waals surface area contributed by atoms with Crippen molar-refractivity contribution in [3.8, 4) is 0 Å². The average Bonchev–Trinajstić information content (AvgIpc) is 2.49. The summed E-state index contributed by atoms with van der Waals surface area (Å²) in [7, 11) is 0. The van der Waals surface area contributed by atoms with E-state index in [1.807, 2.05) is 0 Å². The molecule has 1 atom stereocenters. The van der Waals surface area contributed by atoms with Gasteiger partial charge in [-0.25, -0.2) is 0 Å². The molecule has 0 aromatic heterocycles. The summed E-state index contributed by atoms with van der Waals surface area (Å²) in [6, 6.07) is 7.25. The van der Waals surface area contributed by atoms with Crippen LogP contribution in [0.15, 0.2) is 18.2 Å². The van der Waals surface area contributed by atoms with E-state index in [-0.39, 0.29) is 0 Å². The first kappa shape index (κ1) is 16.6. The largest absolute Gasteiger partial charge is 0.367 e. The molecule has 0 aliphatic carbocycles. The molecular weight excluding hydrogens is 280 g/mol. The molecule has 1 aliphatic heterocycles. The monoisotopic (exact) mass is 308 g/mol. The van der Waals surface area contributed by atoms with Crippen LogP contribution in [0.2, 0.25) is 5.02 Å². The number of nitrogens with zero attached hydrogens (tertiary/aromatic N) is 1. The van der Waals surface area contributed by atoms with E-state index in [1.165, 1.54) is 43.4 Å². The Morgan fingerprint density at radius 3 is 2.81 bits per heavy atom. The molecule has 118 valence electrons. The van der Waals surface area contributed by atoms with Gasteiger partial charge >= 0.3 is 0 Å². The highest BCUT2D eigenvalue weighted by Crippen LogP contribution is 2.33. The Hall–Kier alpha value is -0.730. The minimum Gasteiger partial charge on any atom is -0.367 e. The van der Waals surface area contributed by atoms with Crippen LogP contribution in [0.1, 0.15) is 57.9 Å². The fourth-order valence-corrected chi connectivity index (χ4v) is 3.57. The molecule has 1 fully saturated rings. The van der Waals surface area contributed by atoms with Gasteiger partial charge in [0.1, 0.15) is 0 Å². The third-order valence-corrected chi connectivity index (χ3v) is 4.63. The maximum Gasteiger partial charge on any atom is 0.0642 e. The predicted octanol–water partition coefficient (Wildman–Crippen LogP) is 5.00. The molecule has 1 heterocycles. The number of piperidine rings is 1. The van der Waals surface area contributed by atoms with Crippen LogP contribution in [-0.4, -0.2) is 19.1 Å². The summed E-state index contributed by atoms with van der Waals surface area (Å²) in [5.74, 6) is 0. The Kier molecular flexibility index (Phi) is 6.85. The number of benzene rings is 1. The van der Waals surface area contributed by atoms with Crippen LogP contribution in [0.3, 0.4) is 0 Å². The summed E-state index contributed by atoms with van der Waals surface area (Å²) < 4.78 is 0. The van der Waals surface area contributed by atoms with Crippen LogP contribution in [0, 0.1) is 0 Å². The zero-order valence-corrected chi connectivity index (χ0v) is 14.3. The molecular formula is C18H29ClN2. The standard InChI is InChI=1S/C18H29ClN2/c1-3-7-16-8-5-6-12-21(16)18-10-9-15(13-17(18)19)14-20-11-4-2/h9-10,13,16,20H,3-8,11-12,14H2,1-2H3. The fourth-order valence-electron chi connectivity index (χ4n) is 3.25. The van der Waals surface area contributed by atoms with E-state index in [0.29, 0.717) is 6.04 Å². The van der Waals surface area contributed by atoms with Crippen LogP contribution in [0.25, 0.3) is 0 Å². The highest BCUT2D eigenvalue weighted by atomic mass is 35.5. The average molecular weight is 309 g/mol. The van der Waals surface area contributed by atoms with Crippen molar-refractivity contribution in [1.82, 2.24) is 5.32 Å². The number of rotatable bonds is 7. The molecule has 0 radical (unpaired) electrons. The van der Waals surface area contributed by atoms with Gasteiger partial charge in [-0.05, 0) is 56.3 Å². The van der Waals surface area contributed by atoms with Crippen molar-refractivity contribution in [2.75, 3.05) is 18.0 Å². The highest BCUT2D eigenvalue weighted by Gasteiger charge is 2.23. The van der Waals surface area contributed by atoms with Gasteiger partial charge in [-0.15, -0.1) is 0 Å². The molecule has 1 aromatic rings. The molecule has 1 aliphatic rings. The van der Waals surface area contributed by atoms with E-state index in [9.17, 15) is 0 Å². The maximum absolute atomic E-state index is 6.57. The van der Waals surface area contributed by atoms with E-state index in [1.54, 1.807) is 0 Å².